The lowest BCUT2D eigenvalue weighted by atomic mass is 9.97. The van der Waals surface area contributed by atoms with Crippen LogP contribution in [0.25, 0.3) is 21.9 Å². The number of nitrogens with one attached hydrogen (secondary N) is 1. The number of nitrogens with zero attached hydrogens (tertiary/aromatic N) is 2. The molecule has 6 nitrogen and oxygen atoms in total. The molecule has 1 heterocycles. The van der Waals surface area contributed by atoms with E-state index in [1.54, 1.807) is 63.2 Å². The molecule has 3 aromatic rings. The molecule has 0 spiro atoms. The summed E-state index contributed by atoms with van der Waals surface area (Å²) in [5.74, 6) is 0.272. The van der Waals surface area contributed by atoms with Crippen LogP contribution in [0.4, 0.5) is 10.6 Å². The number of halogens is 1. The summed E-state index contributed by atoms with van der Waals surface area (Å²) >= 11 is 6.03. The first kappa shape index (κ1) is 20.4. The molecule has 0 saturated heterocycles. The van der Waals surface area contributed by atoms with Crippen LogP contribution in [0.15, 0.2) is 47.3 Å². The Morgan fingerprint density at radius 1 is 1.14 bits per heavy atom. The quantitative estimate of drug-likeness (QED) is 0.638. The van der Waals surface area contributed by atoms with Crippen molar-refractivity contribution in [3.63, 3.8) is 0 Å². The highest BCUT2D eigenvalue weighted by molar-refractivity contribution is 6.30. The first-order valence-electron chi connectivity index (χ1n) is 8.93. The van der Waals surface area contributed by atoms with Crippen LogP contribution in [0.2, 0.25) is 5.02 Å². The number of nitriles is 1. The van der Waals surface area contributed by atoms with Crippen LogP contribution in [-0.2, 0) is 4.74 Å². The van der Waals surface area contributed by atoms with E-state index in [-0.39, 0.29) is 11.4 Å². The number of carbonyl (C=O) groups excluding carboxylic acids is 1. The van der Waals surface area contributed by atoms with Gasteiger partial charge in [0.1, 0.15) is 11.4 Å². The summed E-state index contributed by atoms with van der Waals surface area (Å²) in [6.07, 6.45) is -0.612. The van der Waals surface area contributed by atoms with Crippen LogP contribution in [0.1, 0.15) is 26.3 Å². The van der Waals surface area contributed by atoms with Gasteiger partial charge in [-0.05, 0) is 62.1 Å². The van der Waals surface area contributed by atoms with Gasteiger partial charge in [-0.15, -0.1) is 0 Å². The molecule has 0 aliphatic heterocycles. The average molecular weight is 410 g/mol. The molecule has 1 N–H and O–H groups in total. The molecule has 7 heteroatoms. The molecule has 0 radical (unpaired) electrons. The summed E-state index contributed by atoms with van der Waals surface area (Å²) in [7, 11) is 1.53. The summed E-state index contributed by atoms with van der Waals surface area (Å²) in [6, 6.07) is 13.9. The highest BCUT2D eigenvalue weighted by Gasteiger charge is 2.25. The number of carbonyl (C=O) groups is 1. The van der Waals surface area contributed by atoms with Gasteiger partial charge >= 0.3 is 6.09 Å². The summed E-state index contributed by atoms with van der Waals surface area (Å²) in [5, 5.41) is 10.8. The van der Waals surface area contributed by atoms with Crippen molar-refractivity contribution in [2.75, 3.05) is 11.9 Å². The summed E-state index contributed by atoms with van der Waals surface area (Å²) < 4.78 is 5.45. The molecule has 0 fully saturated rings. The second-order valence-electron chi connectivity index (χ2n) is 7.60. The van der Waals surface area contributed by atoms with Crippen molar-refractivity contribution in [3.05, 3.63) is 63.4 Å². The molecule has 3 rings (SSSR count). The molecule has 0 unspecified atom stereocenters. The van der Waals surface area contributed by atoms with Crippen molar-refractivity contribution in [1.29, 1.82) is 5.26 Å². The van der Waals surface area contributed by atoms with Crippen molar-refractivity contribution in [2.24, 2.45) is 0 Å². The Morgan fingerprint density at radius 2 is 1.79 bits per heavy atom. The highest BCUT2D eigenvalue weighted by Crippen LogP contribution is 2.35. The van der Waals surface area contributed by atoms with Crippen molar-refractivity contribution in [1.82, 2.24) is 4.98 Å². The lowest BCUT2D eigenvalue weighted by Gasteiger charge is -2.26. The second kappa shape index (κ2) is 7.61. The van der Waals surface area contributed by atoms with Crippen molar-refractivity contribution < 1.29 is 9.53 Å². The predicted molar refractivity (Wildman–Crippen MR) is 114 cm³/mol. The number of hydrogen-bond acceptors (Lipinski definition) is 4. The largest absolute Gasteiger partial charge is 0.443 e. The summed E-state index contributed by atoms with van der Waals surface area (Å²) in [5.41, 5.74) is 0.673. The van der Waals surface area contributed by atoms with Gasteiger partial charge in [0.25, 0.3) is 5.56 Å². The minimum Gasteiger partial charge on any atom is -0.443 e. The number of rotatable bonds is 2. The number of fused-ring (bicyclic) bond motifs is 1. The number of anilines is 1. The molecule has 1 amide bonds. The number of H-pyrrole nitrogens is 1. The first-order chi connectivity index (χ1) is 13.6. The first-order valence-corrected chi connectivity index (χ1v) is 9.31. The highest BCUT2D eigenvalue weighted by atomic mass is 35.5. The smallest absolute Gasteiger partial charge is 0.415 e. The average Bonchev–Trinajstić information content (AvgIpc) is 2.66. The molecule has 0 atom stereocenters. The third kappa shape index (κ3) is 4.25. The Kier molecular flexibility index (Phi) is 5.36. The van der Waals surface area contributed by atoms with E-state index in [9.17, 15) is 14.9 Å². The molecular formula is C22H20ClN3O3. The minimum atomic E-state index is -0.698. The summed E-state index contributed by atoms with van der Waals surface area (Å²) in [4.78, 5) is 29.4. The van der Waals surface area contributed by atoms with Crippen LogP contribution in [0.3, 0.4) is 0 Å². The molecular weight excluding hydrogens is 390 g/mol. The molecule has 1 aromatic heterocycles. The van der Waals surface area contributed by atoms with Gasteiger partial charge < -0.3 is 9.72 Å². The SMILES string of the molecule is CN(C(=O)OC(C)(C)C)c1[nH]c(=O)c2ccc(C#N)cc2c1-c1ccc(Cl)cc1. The Balaban J connectivity index is 2.32. The minimum absolute atomic E-state index is 0.272. The van der Waals surface area contributed by atoms with Gasteiger partial charge in [0.05, 0.1) is 11.6 Å². The third-order valence-corrected chi connectivity index (χ3v) is 4.52. The Bertz CT molecular complexity index is 1190. The fourth-order valence-corrected chi connectivity index (χ4v) is 3.09. The van der Waals surface area contributed by atoms with Gasteiger partial charge in [-0.25, -0.2) is 4.79 Å². The maximum absolute atomic E-state index is 12.7. The van der Waals surface area contributed by atoms with Crippen LogP contribution in [0, 0.1) is 11.3 Å². The van der Waals surface area contributed by atoms with E-state index in [1.165, 1.54) is 11.9 Å². The van der Waals surface area contributed by atoms with E-state index < -0.39 is 11.7 Å². The zero-order valence-electron chi connectivity index (χ0n) is 16.5. The molecule has 148 valence electrons. The lowest BCUT2D eigenvalue weighted by Crippen LogP contribution is -2.35. The molecule has 0 aliphatic carbocycles. The van der Waals surface area contributed by atoms with Crippen molar-refractivity contribution >= 4 is 34.3 Å². The topological polar surface area (TPSA) is 86.2 Å². The Hall–Kier alpha value is -3.30. The second-order valence-corrected chi connectivity index (χ2v) is 8.03. The van der Waals surface area contributed by atoms with Gasteiger partial charge in [-0.3, -0.25) is 9.69 Å². The standard InChI is InChI=1S/C22H20ClN3O3/c1-22(2,3)29-21(28)26(4)19-18(14-6-8-15(23)9-7-14)17-11-13(12-24)5-10-16(17)20(27)25-19/h5-11H,1-4H3,(H,25,27). The lowest BCUT2D eigenvalue weighted by molar-refractivity contribution is 0.0588. The van der Waals surface area contributed by atoms with E-state index in [2.05, 4.69) is 11.1 Å². The molecule has 29 heavy (non-hydrogen) atoms. The maximum Gasteiger partial charge on any atom is 0.415 e. The fourth-order valence-electron chi connectivity index (χ4n) is 2.97. The van der Waals surface area contributed by atoms with Crippen LogP contribution in [-0.4, -0.2) is 23.7 Å². The molecule has 2 aromatic carbocycles. The normalized spacial score (nSPS) is 11.2. The molecule has 0 saturated carbocycles. The zero-order chi connectivity index (χ0) is 21.3. The monoisotopic (exact) mass is 409 g/mol. The van der Waals surface area contributed by atoms with E-state index >= 15 is 0 Å². The van der Waals surface area contributed by atoms with Crippen molar-refractivity contribution in [2.45, 2.75) is 26.4 Å². The van der Waals surface area contributed by atoms with Gasteiger partial charge in [0.2, 0.25) is 0 Å². The van der Waals surface area contributed by atoms with E-state index in [0.29, 0.717) is 26.9 Å². The number of pyridine rings is 1. The van der Waals surface area contributed by atoms with Gasteiger partial charge in [0.15, 0.2) is 0 Å². The van der Waals surface area contributed by atoms with Crippen LogP contribution < -0.4 is 10.5 Å². The molecule has 0 aliphatic rings. The third-order valence-electron chi connectivity index (χ3n) is 4.27. The number of ether oxygens (including phenoxy) is 1. The van der Waals surface area contributed by atoms with E-state index in [0.717, 1.165) is 5.56 Å². The van der Waals surface area contributed by atoms with Gasteiger partial charge in [-0.1, -0.05) is 23.7 Å². The number of benzene rings is 2. The number of aromatic nitrogens is 1. The number of aromatic amines is 1. The van der Waals surface area contributed by atoms with Gasteiger partial charge in [0, 0.05) is 23.0 Å². The van der Waals surface area contributed by atoms with Crippen LogP contribution in [0.5, 0.6) is 0 Å². The van der Waals surface area contributed by atoms with E-state index in [4.69, 9.17) is 16.3 Å². The van der Waals surface area contributed by atoms with E-state index in [1.807, 2.05) is 0 Å². The number of hydrogen-bond donors (Lipinski definition) is 1. The van der Waals surface area contributed by atoms with Crippen molar-refractivity contribution in [3.8, 4) is 17.2 Å². The zero-order valence-corrected chi connectivity index (χ0v) is 17.3. The maximum atomic E-state index is 12.7. The Morgan fingerprint density at radius 3 is 2.38 bits per heavy atom. The predicted octanol–water partition coefficient (Wildman–Crippen LogP) is 5.09. The Labute approximate surface area is 173 Å². The molecule has 0 bridgehead atoms. The fraction of sp³-hybridized carbons (Fsp3) is 0.227. The van der Waals surface area contributed by atoms with Crippen LogP contribution >= 0.6 is 11.6 Å². The number of amides is 1. The van der Waals surface area contributed by atoms with Gasteiger partial charge in [-0.2, -0.15) is 5.26 Å². The summed E-state index contributed by atoms with van der Waals surface area (Å²) in [6.45, 7) is 5.30.